The second-order valence-electron chi connectivity index (χ2n) is 6.59. The van der Waals surface area contributed by atoms with Gasteiger partial charge in [0.15, 0.2) is 5.58 Å². The molecule has 1 unspecified atom stereocenters. The molecule has 2 aromatic carbocycles. The fraction of sp³-hybridized carbons (Fsp3) is 0.250. The highest BCUT2D eigenvalue weighted by molar-refractivity contribution is 6.07. The minimum absolute atomic E-state index is 0.0238. The number of ether oxygens (including phenoxy) is 1. The van der Waals surface area contributed by atoms with Crippen LogP contribution in [0.1, 0.15) is 27.5 Å². The number of halogens is 1. The molecule has 3 N–H and O–H groups in total. The molecule has 4 rings (SSSR count). The summed E-state index contributed by atoms with van der Waals surface area (Å²) in [6.07, 6.45) is 0.828. The van der Waals surface area contributed by atoms with E-state index in [9.17, 15) is 14.0 Å². The number of benzene rings is 2. The number of nitrogens with zero attached hydrogens (tertiary/aromatic N) is 1. The Hall–Kier alpha value is -3.46. The van der Waals surface area contributed by atoms with E-state index in [1.807, 2.05) is 0 Å². The molecule has 0 saturated carbocycles. The van der Waals surface area contributed by atoms with Gasteiger partial charge in [0.2, 0.25) is 0 Å². The van der Waals surface area contributed by atoms with Crippen molar-refractivity contribution in [2.45, 2.75) is 12.5 Å². The fourth-order valence-electron chi connectivity index (χ4n) is 2.92. The van der Waals surface area contributed by atoms with Crippen LogP contribution in [0.3, 0.4) is 0 Å². The smallest absolute Gasteiger partial charge is 0.311 e. The predicted octanol–water partition coefficient (Wildman–Crippen LogP) is 2.78. The molecule has 1 atom stereocenters. The Balaban J connectivity index is 1.55. The van der Waals surface area contributed by atoms with Crippen LogP contribution in [-0.4, -0.2) is 43.1 Å². The van der Waals surface area contributed by atoms with Crippen molar-refractivity contribution in [1.29, 1.82) is 0 Å². The number of fused-ring (bicyclic) bond motifs is 1. The first kappa shape index (κ1) is 18.9. The van der Waals surface area contributed by atoms with Crippen molar-refractivity contribution in [1.82, 2.24) is 10.3 Å². The quantitative estimate of drug-likeness (QED) is 0.590. The molecule has 9 heteroatoms. The number of aromatic nitrogens is 1. The number of anilines is 2. The lowest BCUT2D eigenvalue weighted by molar-refractivity contribution is -0.0472. The molecule has 0 spiro atoms. The first-order valence-electron chi connectivity index (χ1n) is 9.12. The number of carbonyl (C=O) groups excluding carboxylic acids is 2. The van der Waals surface area contributed by atoms with Crippen LogP contribution in [0.5, 0.6) is 0 Å². The van der Waals surface area contributed by atoms with Crippen LogP contribution in [0.4, 0.5) is 15.8 Å². The lowest BCUT2D eigenvalue weighted by atomic mass is 10.1. The van der Waals surface area contributed by atoms with E-state index in [-0.39, 0.29) is 28.7 Å². The summed E-state index contributed by atoms with van der Waals surface area (Å²) in [5.74, 6) is -2.03. The summed E-state index contributed by atoms with van der Waals surface area (Å²) < 4.78 is 24.7. The van der Waals surface area contributed by atoms with Crippen LogP contribution in [0.2, 0.25) is 0 Å². The van der Waals surface area contributed by atoms with Crippen molar-refractivity contribution in [2.75, 3.05) is 30.8 Å². The second-order valence-corrected chi connectivity index (χ2v) is 6.59. The molecule has 1 saturated heterocycles. The average molecular weight is 398 g/mol. The third-order valence-electron chi connectivity index (χ3n) is 4.61. The van der Waals surface area contributed by atoms with Crippen LogP contribution in [0, 0.1) is 5.82 Å². The number of rotatable bonds is 6. The molecule has 150 valence electrons. The molecule has 2 amide bonds. The van der Waals surface area contributed by atoms with Crippen LogP contribution >= 0.6 is 0 Å². The van der Waals surface area contributed by atoms with Gasteiger partial charge in [0.05, 0.1) is 11.7 Å². The second kappa shape index (κ2) is 7.88. The van der Waals surface area contributed by atoms with Crippen molar-refractivity contribution in [3.05, 3.63) is 53.7 Å². The lowest BCUT2D eigenvalue weighted by Gasteiger charge is -2.26. The topological polar surface area (TPSA) is 105 Å². The molecular formula is C20H19FN4O4. The summed E-state index contributed by atoms with van der Waals surface area (Å²) in [5, 5.41) is 8.32. The monoisotopic (exact) mass is 398 g/mol. The maximum absolute atomic E-state index is 14.0. The minimum Gasteiger partial charge on any atom is -0.431 e. The molecule has 2 heterocycles. The van der Waals surface area contributed by atoms with E-state index < -0.39 is 17.6 Å². The molecule has 0 bridgehead atoms. The van der Waals surface area contributed by atoms with Crippen molar-refractivity contribution in [3.63, 3.8) is 0 Å². The number of hydrogen-bond donors (Lipinski definition) is 3. The molecule has 8 nitrogen and oxygen atoms in total. The number of nitrogens with one attached hydrogen (secondary N) is 3. The van der Waals surface area contributed by atoms with Crippen molar-refractivity contribution in [2.24, 2.45) is 0 Å². The number of hydrogen-bond acceptors (Lipinski definition) is 6. The minimum atomic E-state index is -0.648. The van der Waals surface area contributed by atoms with Crippen molar-refractivity contribution < 1.29 is 23.1 Å². The molecule has 3 aromatic rings. The summed E-state index contributed by atoms with van der Waals surface area (Å²) in [5.41, 5.74) is 1.55. The first-order chi connectivity index (χ1) is 14.0. The summed E-state index contributed by atoms with van der Waals surface area (Å²) in [6.45, 7) is 0.990. The Kier molecular flexibility index (Phi) is 5.13. The van der Waals surface area contributed by atoms with E-state index in [1.54, 1.807) is 31.3 Å². The van der Waals surface area contributed by atoms with E-state index >= 15 is 0 Å². The summed E-state index contributed by atoms with van der Waals surface area (Å²) in [6, 6.07) is 9.20. The zero-order chi connectivity index (χ0) is 20.4. The number of carbonyl (C=O) groups is 2. The van der Waals surface area contributed by atoms with Gasteiger partial charge in [-0.2, -0.15) is 0 Å². The Morgan fingerprint density at radius 2 is 1.90 bits per heavy atom. The van der Waals surface area contributed by atoms with Gasteiger partial charge in [0.1, 0.15) is 11.3 Å². The van der Waals surface area contributed by atoms with Crippen LogP contribution in [0.15, 0.2) is 40.8 Å². The van der Waals surface area contributed by atoms with Gasteiger partial charge in [-0.15, -0.1) is 0 Å². The maximum atomic E-state index is 14.0. The van der Waals surface area contributed by atoms with E-state index in [2.05, 4.69) is 20.9 Å². The number of oxazole rings is 1. The Morgan fingerprint density at radius 1 is 1.17 bits per heavy atom. The SMILES string of the molecule is CNc1ccc(NC(=O)c2nc3cc(F)cc(C(=O)NCC4CCO4)c3o2)cc1. The molecule has 0 aliphatic carbocycles. The summed E-state index contributed by atoms with van der Waals surface area (Å²) in [7, 11) is 1.79. The van der Waals surface area contributed by atoms with Gasteiger partial charge in [-0.05, 0) is 36.8 Å². The van der Waals surface area contributed by atoms with Crippen molar-refractivity contribution in [3.8, 4) is 0 Å². The summed E-state index contributed by atoms with van der Waals surface area (Å²) >= 11 is 0. The van der Waals surface area contributed by atoms with E-state index in [4.69, 9.17) is 9.15 Å². The van der Waals surface area contributed by atoms with Crippen LogP contribution in [-0.2, 0) is 4.74 Å². The predicted molar refractivity (Wildman–Crippen MR) is 105 cm³/mol. The zero-order valence-electron chi connectivity index (χ0n) is 15.6. The molecule has 1 aliphatic heterocycles. The highest BCUT2D eigenvalue weighted by atomic mass is 19.1. The van der Waals surface area contributed by atoms with Crippen LogP contribution in [0.25, 0.3) is 11.1 Å². The fourth-order valence-corrected chi connectivity index (χ4v) is 2.92. The average Bonchev–Trinajstić information content (AvgIpc) is 3.10. The van der Waals surface area contributed by atoms with Gasteiger partial charge in [-0.3, -0.25) is 9.59 Å². The van der Waals surface area contributed by atoms with Gasteiger partial charge in [-0.1, -0.05) is 0 Å². The highest BCUT2D eigenvalue weighted by Gasteiger charge is 2.23. The van der Waals surface area contributed by atoms with Crippen LogP contribution < -0.4 is 16.0 Å². The zero-order valence-corrected chi connectivity index (χ0v) is 15.6. The molecule has 1 aromatic heterocycles. The molecular weight excluding hydrogens is 379 g/mol. The van der Waals surface area contributed by atoms with E-state index in [1.165, 1.54) is 0 Å². The third kappa shape index (κ3) is 4.04. The van der Waals surface area contributed by atoms with E-state index in [0.29, 0.717) is 18.8 Å². The Labute approximate surface area is 165 Å². The number of amides is 2. The van der Waals surface area contributed by atoms with Gasteiger partial charge >= 0.3 is 5.91 Å². The third-order valence-corrected chi connectivity index (χ3v) is 4.61. The standard InChI is InChI=1S/C20H19FN4O4/c1-22-12-2-4-13(5-3-12)24-19(27)20-25-16-9-11(21)8-15(17(16)29-20)18(26)23-10-14-6-7-28-14/h2-5,8-9,14,22H,6-7,10H2,1H3,(H,23,26)(H,24,27). The normalized spacial score (nSPS) is 15.6. The molecule has 0 radical (unpaired) electrons. The molecule has 1 fully saturated rings. The van der Waals surface area contributed by atoms with E-state index in [0.717, 1.165) is 24.2 Å². The lowest BCUT2D eigenvalue weighted by Crippen LogP contribution is -2.39. The van der Waals surface area contributed by atoms with Gasteiger partial charge in [-0.25, -0.2) is 9.37 Å². The van der Waals surface area contributed by atoms with Gasteiger partial charge in [0, 0.05) is 37.6 Å². The maximum Gasteiger partial charge on any atom is 0.311 e. The Bertz CT molecular complexity index is 1060. The Morgan fingerprint density at radius 3 is 2.55 bits per heavy atom. The van der Waals surface area contributed by atoms with Gasteiger partial charge < -0.3 is 25.1 Å². The highest BCUT2D eigenvalue weighted by Crippen LogP contribution is 2.23. The summed E-state index contributed by atoms with van der Waals surface area (Å²) in [4.78, 5) is 29.0. The largest absolute Gasteiger partial charge is 0.431 e. The first-order valence-corrected chi connectivity index (χ1v) is 9.12. The molecule has 1 aliphatic rings. The van der Waals surface area contributed by atoms with Crippen molar-refractivity contribution >= 4 is 34.3 Å². The molecule has 29 heavy (non-hydrogen) atoms. The van der Waals surface area contributed by atoms with Gasteiger partial charge in [0.25, 0.3) is 11.8 Å².